The third-order valence-electron chi connectivity index (χ3n) is 8.21. The molecule has 1 aliphatic carbocycles. The predicted molar refractivity (Wildman–Crippen MR) is 156 cm³/mol. The zero-order valence-electron chi connectivity index (χ0n) is 21.8. The number of benzene rings is 3. The van der Waals surface area contributed by atoms with Crippen LogP contribution in [0.25, 0.3) is 27.5 Å². The highest BCUT2D eigenvalue weighted by Crippen LogP contribution is 2.34. The van der Waals surface area contributed by atoms with Gasteiger partial charge in [-0.1, -0.05) is 55.7 Å². The number of hydrogen-bond donors (Lipinski definition) is 1. The van der Waals surface area contributed by atoms with Gasteiger partial charge in [-0.3, -0.25) is 0 Å². The van der Waals surface area contributed by atoms with E-state index in [0.29, 0.717) is 11.9 Å². The van der Waals surface area contributed by atoms with Crippen molar-refractivity contribution in [2.45, 2.75) is 57.3 Å². The Balaban J connectivity index is 1.21. The smallest absolute Gasteiger partial charge is 0.232 e. The molecule has 6 heteroatoms. The molecule has 0 radical (unpaired) electrons. The van der Waals surface area contributed by atoms with Crippen molar-refractivity contribution >= 4 is 39.4 Å². The maximum Gasteiger partial charge on any atom is 0.232 e. The Morgan fingerprint density at radius 3 is 1.95 bits per heavy atom. The van der Waals surface area contributed by atoms with Crippen molar-refractivity contribution in [2.24, 2.45) is 0 Å². The summed E-state index contributed by atoms with van der Waals surface area (Å²) < 4.78 is 2.34. The molecule has 1 saturated carbocycles. The minimum absolute atomic E-state index is 0.438. The average Bonchev–Trinajstić information content (AvgIpc) is 3.33. The van der Waals surface area contributed by atoms with Crippen molar-refractivity contribution in [2.75, 3.05) is 23.3 Å². The molecule has 1 aliphatic heterocycles. The van der Waals surface area contributed by atoms with Gasteiger partial charge in [-0.05, 0) is 68.5 Å². The molecular formula is C32H34N6. The summed E-state index contributed by atoms with van der Waals surface area (Å²) >= 11 is 0. The van der Waals surface area contributed by atoms with Crippen LogP contribution in [0.4, 0.5) is 17.6 Å². The Morgan fingerprint density at radius 1 is 0.632 bits per heavy atom. The van der Waals surface area contributed by atoms with E-state index in [2.05, 4.69) is 87.6 Å². The number of anilines is 3. The van der Waals surface area contributed by atoms with Crippen LogP contribution < -0.4 is 10.2 Å². The zero-order chi connectivity index (χ0) is 25.3. The molecule has 2 aliphatic rings. The molecule has 192 valence electrons. The molecule has 7 rings (SSSR count). The molecular weight excluding hydrogens is 468 g/mol. The molecule has 2 aromatic heterocycles. The van der Waals surface area contributed by atoms with Crippen molar-refractivity contribution in [1.82, 2.24) is 19.5 Å². The van der Waals surface area contributed by atoms with Gasteiger partial charge in [-0.25, -0.2) is 0 Å². The Bertz CT molecular complexity index is 1470. The minimum Gasteiger partial charge on any atom is -0.341 e. The maximum absolute atomic E-state index is 4.99. The molecule has 0 spiro atoms. The lowest BCUT2D eigenvalue weighted by Crippen LogP contribution is -2.31. The van der Waals surface area contributed by atoms with E-state index in [1.165, 1.54) is 73.2 Å². The van der Waals surface area contributed by atoms with E-state index in [9.17, 15) is 0 Å². The monoisotopic (exact) mass is 502 g/mol. The van der Waals surface area contributed by atoms with E-state index >= 15 is 0 Å². The molecule has 3 aromatic carbocycles. The highest BCUT2D eigenvalue weighted by Gasteiger charge is 2.23. The molecule has 0 bridgehead atoms. The van der Waals surface area contributed by atoms with Gasteiger partial charge in [0.1, 0.15) is 5.82 Å². The molecule has 5 aromatic rings. The highest BCUT2D eigenvalue weighted by molar-refractivity contribution is 6.09. The number of hydrogen-bond acceptors (Lipinski definition) is 5. The second kappa shape index (κ2) is 10.1. The highest BCUT2D eigenvalue weighted by atomic mass is 15.3. The number of nitrogens with one attached hydrogen (secondary N) is 1. The fourth-order valence-corrected chi connectivity index (χ4v) is 6.24. The third-order valence-corrected chi connectivity index (χ3v) is 8.21. The van der Waals surface area contributed by atoms with E-state index in [0.717, 1.165) is 36.2 Å². The molecule has 0 amide bonds. The predicted octanol–water partition coefficient (Wildman–Crippen LogP) is 7.75. The van der Waals surface area contributed by atoms with Crippen LogP contribution in [0.1, 0.15) is 63.1 Å². The van der Waals surface area contributed by atoms with Gasteiger partial charge in [0, 0.05) is 41.2 Å². The van der Waals surface area contributed by atoms with E-state index in [1.807, 2.05) is 0 Å². The summed E-state index contributed by atoms with van der Waals surface area (Å²) in [6.45, 7) is 2.06. The molecule has 0 unspecified atom stereocenters. The Morgan fingerprint density at radius 2 is 1.26 bits per heavy atom. The number of nitrogens with zero attached hydrogens (tertiary/aromatic N) is 5. The summed E-state index contributed by atoms with van der Waals surface area (Å²) in [6.07, 6.45) is 9.91. The first-order valence-corrected chi connectivity index (χ1v) is 14.2. The van der Waals surface area contributed by atoms with Gasteiger partial charge in [0.2, 0.25) is 11.9 Å². The molecule has 6 nitrogen and oxygen atoms in total. The first-order valence-electron chi connectivity index (χ1n) is 14.2. The quantitative estimate of drug-likeness (QED) is 0.266. The molecule has 38 heavy (non-hydrogen) atoms. The second-order valence-corrected chi connectivity index (χ2v) is 10.7. The van der Waals surface area contributed by atoms with Crippen LogP contribution in [0.15, 0.2) is 72.8 Å². The minimum atomic E-state index is 0.438. The Hall–Kier alpha value is -3.93. The first kappa shape index (κ1) is 23.2. The number of para-hydroxylation sites is 2. The summed E-state index contributed by atoms with van der Waals surface area (Å²) in [4.78, 5) is 17.2. The second-order valence-electron chi connectivity index (χ2n) is 10.7. The van der Waals surface area contributed by atoms with Crippen LogP contribution in [0, 0.1) is 0 Å². The van der Waals surface area contributed by atoms with Crippen molar-refractivity contribution in [3.8, 4) is 5.69 Å². The van der Waals surface area contributed by atoms with Crippen molar-refractivity contribution in [3.63, 3.8) is 0 Å². The summed E-state index contributed by atoms with van der Waals surface area (Å²) in [6, 6.07) is 25.8. The van der Waals surface area contributed by atoms with Crippen molar-refractivity contribution in [1.29, 1.82) is 0 Å². The van der Waals surface area contributed by atoms with E-state index in [-0.39, 0.29) is 0 Å². The van der Waals surface area contributed by atoms with Gasteiger partial charge in [0.25, 0.3) is 0 Å². The van der Waals surface area contributed by atoms with Crippen LogP contribution in [-0.2, 0) is 0 Å². The van der Waals surface area contributed by atoms with E-state index in [4.69, 9.17) is 15.0 Å². The average molecular weight is 503 g/mol. The van der Waals surface area contributed by atoms with Crippen LogP contribution in [0.5, 0.6) is 0 Å². The topological polar surface area (TPSA) is 58.9 Å². The number of aromatic nitrogens is 4. The molecule has 3 heterocycles. The fourth-order valence-electron chi connectivity index (χ4n) is 6.24. The van der Waals surface area contributed by atoms with Gasteiger partial charge in [-0.15, -0.1) is 0 Å². The summed E-state index contributed by atoms with van der Waals surface area (Å²) in [7, 11) is 0. The van der Waals surface area contributed by atoms with Gasteiger partial charge < -0.3 is 14.8 Å². The fraction of sp³-hybridized carbons (Fsp3) is 0.344. The molecule has 1 saturated heterocycles. The van der Waals surface area contributed by atoms with Gasteiger partial charge in [0.05, 0.1) is 11.0 Å². The molecule has 1 N–H and O–H groups in total. The van der Waals surface area contributed by atoms with E-state index in [1.54, 1.807) is 0 Å². The van der Waals surface area contributed by atoms with Crippen LogP contribution in [0.3, 0.4) is 0 Å². The lowest BCUT2D eigenvalue weighted by molar-refractivity contribution is 0.427. The summed E-state index contributed by atoms with van der Waals surface area (Å²) in [5, 5.41) is 6.06. The zero-order valence-corrected chi connectivity index (χ0v) is 21.8. The summed E-state index contributed by atoms with van der Waals surface area (Å²) in [5.74, 6) is 2.90. The largest absolute Gasteiger partial charge is 0.341 e. The number of piperidine rings is 1. The third kappa shape index (κ3) is 4.38. The van der Waals surface area contributed by atoms with E-state index < -0.39 is 0 Å². The lowest BCUT2D eigenvalue weighted by atomic mass is 9.89. The Kier molecular flexibility index (Phi) is 6.16. The van der Waals surface area contributed by atoms with Crippen LogP contribution in [-0.4, -0.2) is 32.6 Å². The normalized spacial score (nSPS) is 16.8. The van der Waals surface area contributed by atoms with Gasteiger partial charge in [0.15, 0.2) is 0 Å². The number of fused-ring (bicyclic) bond motifs is 3. The van der Waals surface area contributed by atoms with Gasteiger partial charge in [-0.2, -0.15) is 15.0 Å². The summed E-state index contributed by atoms with van der Waals surface area (Å²) in [5.41, 5.74) is 4.56. The first-order chi connectivity index (χ1) is 18.8. The van der Waals surface area contributed by atoms with Crippen molar-refractivity contribution < 1.29 is 0 Å². The molecule has 0 atom stereocenters. The Labute approximate surface area is 223 Å². The standard InChI is InChI=1S/C32H34N6/c1-3-11-23(12-4-1)30-34-31(36-32(35-30)37-21-9-2-10-22-37)33-24-17-19-25(20-18-24)38-28-15-7-5-13-26(28)27-14-6-8-16-29(27)38/h5-8,13-20,23H,1-4,9-12,21-22H2,(H,33,34,35,36). The number of rotatable bonds is 5. The van der Waals surface area contributed by atoms with Crippen LogP contribution in [0.2, 0.25) is 0 Å². The van der Waals surface area contributed by atoms with Crippen LogP contribution >= 0.6 is 0 Å². The molecule has 2 fully saturated rings. The maximum atomic E-state index is 4.99. The lowest BCUT2D eigenvalue weighted by Gasteiger charge is -2.28. The van der Waals surface area contributed by atoms with Crippen molar-refractivity contribution in [3.05, 3.63) is 78.6 Å². The SMILES string of the molecule is c1ccc2c(c1)c1ccccc1n2-c1ccc(Nc2nc(C3CCCCC3)nc(N3CCCCC3)n2)cc1. The van der Waals surface area contributed by atoms with Gasteiger partial charge >= 0.3 is 0 Å².